The molecule has 0 unspecified atom stereocenters. The minimum absolute atomic E-state index is 0.0720. The summed E-state index contributed by atoms with van der Waals surface area (Å²) in [5.41, 5.74) is 7.61. The molecule has 0 aromatic heterocycles. The van der Waals surface area contributed by atoms with E-state index in [2.05, 4.69) is 6.07 Å². The molecule has 3 fully saturated rings. The Balaban J connectivity index is 1.41. The molecule has 0 spiro atoms. The highest BCUT2D eigenvalue weighted by molar-refractivity contribution is 6.19. The molecule has 1 aliphatic heterocycles. The standard InChI is InChI=1S/C25H29ClN2O3/c1-4-23(2,3)31-22(30)25-12-24(13-25,14-25)21(29)28-11-15(10-26)20-17-8-6-5-7-16(17)18(27)9-19(20)28/h5-9,15H,4,10-14,27H2,1-3H3/t15-,24?,25?/m1/s1. The van der Waals surface area contributed by atoms with Gasteiger partial charge in [0.05, 0.1) is 10.8 Å². The first kappa shape index (κ1) is 20.6. The van der Waals surface area contributed by atoms with Crippen molar-refractivity contribution >= 4 is 45.6 Å². The van der Waals surface area contributed by atoms with Gasteiger partial charge in [-0.25, -0.2) is 0 Å². The molecule has 0 saturated heterocycles. The molecule has 1 amide bonds. The number of carbonyl (C=O) groups is 2. The number of fused-ring (bicyclic) bond motifs is 3. The molecule has 3 saturated carbocycles. The van der Waals surface area contributed by atoms with Crippen LogP contribution in [-0.2, 0) is 14.3 Å². The number of amides is 1. The third kappa shape index (κ3) is 2.82. The minimum Gasteiger partial charge on any atom is -0.459 e. The van der Waals surface area contributed by atoms with Crippen molar-refractivity contribution in [2.45, 2.75) is 58.0 Å². The van der Waals surface area contributed by atoms with Gasteiger partial charge in [0.2, 0.25) is 5.91 Å². The van der Waals surface area contributed by atoms with Gasteiger partial charge in [-0.2, -0.15) is 0 Å². The van der Waals surface area contributed by atoms with Crippen LogP contribution in [0.4, 0.5) is 11.4 Å². The molecular formula is C25H29ClN2O3. The first-order valence-corrected chi connectivity index (χ1v) is 11.6. The maximum Gasteiger partial charge on any atom is 0.312 e. The van der Waals surface area contributed by atoms with Crippen molar-refractivity contribution in [1.29, 1.82) is 0 Å². The summed E-state index contributed by atoms with van der Waals surface area (Å²) in [6.07, 6.45) is 2.51. The fourth-order valence-corrected chi connectivity index (χ4v) is 5.99. The Morgan fingerprint density at radius 1 is 1.19 bits per heavy atom. The van der Waals surface area contributed by atoms with Crippen LogP contribution in [0.2, 0.25) is 0 Å². The van der Waals surface area contributed by atoms with E-state index < -0.39 is 16.4 Å². The van der Waals surface area contributed by atoms with Crippen LogP contribution < -0.4 is 10.6 Å². The topological polar surface area (TPSA) is 72.6 Å². The van der Waals surface area contributed by atoms with Crippen molar-refractivity contribution in [1.82, 2.24) is 0 Å². The highest BCUT2D eigenvalue weighted by Crippen LogP contribution is 2.74. The summed E-state index contributed by atoms with van der Waals surface area (Å²) < 4.78 is 5.74. The Hall–Kier alpha value is -2.27. The van der Waals surface area contributed by atoms with Crippen LogP contribution in [0.5, 0.6) is 0 Å². The molecule has 2 N–H and O–H groups in total. The lowest BCUT2D eigenvalue weighted by atomic mass is 9.34. The molecule has 6 rings (SSSR count). The largest absolute Gasteiger partial charge is 0.459 e. The summed E-state index contributed by atoms with van der Waals surface area (Å²) in [6.45, 7) is 6.43. The maximum absolute atomic E-state index is 13.7. The third-order valence-corrected chi connectivity index (χ3v) is 8.14. The van der Waals surface area contributed by atoms with E-state index in [4.69, 9.17) is 22.1 Å². The molecule has 0 radical (unpaired) electrons. The number of hydrogen-bond acceptors (Lipinski definition) is 4. The molecule has 1 heterocycles. The molecule has 2 aromatic rings. The molecule has 31 heavy (non-hydrogen) atoms. The van der Waals surface area contributed by atoms with Crippen molar-refractivity contribution in [3.63, 3.8) is 0 Å². The Morgan fingerprint density at radius 3 is 2.45 bits per heavy atom. The summed E-state index contributed by atoms with van der Waals surface area (Å²) in [5, 5.41) is 2.06. The van der Waals surface area contributed by atoms with Crippen LogP contribution in [0.3, 0.4) is 0 Å². The summed E-state index contributed by atoms with van der Waals surface area (Å²) in [4.78, 5) is 28.3. The normalized spacial score (nSPS) is 28.6. The van der Waals surface area contributed by atoms with Gasteiger partial charge in [0.1, 0.15) is 5.60 Å². The highest BCUT2D eigenvalue weighted by atomic mass is 35.5. The Kier molecular flexibility index (Phi) is 4.40. The van der Waals surface area contributed by atoms with E-state index >= 15 is 0 Å². The molecule has 1 atom stereocenters. The van der Waals surface area contributed by atoms with E-state index in [1.54, 1.807) is 0 Å². The van der Waals surface area contributed by atoms with Crippen LogP contribution in [0.15, 0.2) is 30.3 Å². The molecule has 2 bridgehead atoms. The van der Waals surface area contributed by atoms with E-state index in [9.17, 15) is 9.59 Å². The Bertz CT molecular complexity index is 1090. The van der Waals surface area contributed by atoms with Crippen LogP contribution >= 0.6 is 11.6 Å². The molecule has 5 nitrogen and oxygen atoms in total. The summed E-state index contributed by atoms with van der Waals surface area (Å²) >= 11 is 6.33. The van der Waals surface area contributed by atoms with Gasteiger partial charge in [0.15, 0.2) is 0 Å². The van der Waals surface area contributed by atoms with Gasteiger partial charge in [-0.1, -0.05) is 31.2 Å². The van der Waals surface area contributed by atoms with E-state index in [-0.39, 0.29) is 17.8 Å². The fraction of sp³-hybridized carbons (Fsp3) is 0.520. The van der Waals surface area contributed by atoms with E-state index in [1.165, 1.54) is 0 Å². The number of rotatable bonds is 5. The molecule has 4 aliphatic rings. The number of nitrogen functional groups attached to an aromatic ring is 1. The summed E-state index contributed by atoms with van der Waals surface area (Å²) in [6, 6.07) is 9.95. The van der Waals surface area contributed by atoms with Crippen molar-refractivity contribution < 1.29 is 14.3 Å². The number of hydrogen-bond donors (Lipinski definition) is 1. The number of halogens is 1. The molecular weight excluding hydrogens is 412 g/mol. The zero-order chi connectivity index (χ0) is 22.2. The first-order valence-electron chi connectivity index (χ1n) is 11.1. The van der Waals surface area contributed by atoms with E-state index in [1.807, 2.05) is 49.9 Å². The van der Waals surface area contributed by atoms with E-state index in [0.717, 1.165) is 28.4 Å². The number of benzene rings is 2. The van der Waals surface area contributed by atoms with Crippen molar-refractivity contribution in [2.24, 2.45) is 10.8 Å². The Labute approximate surface area is 187 Å². The predicted molar refractivity (Wildman–Crippen MR) is 123 cm³/mol. The number of ether oxygens (including phenoxy) is 1. The van der Waals surface area contributed by atoms with Gasteiger partial charge in [-0.3, -0.25) is 9.59 Å². The van der Waals surface area contributed by atoms with Crippen molar-refractivity contribution in [2.75, 3.05) is 23.1 Å². The second-order valence-electron chi connectivity index (χ2n) is 10.3. The third-order valence-electron chi connectivity index (χ3n) is 7.77. The van der Waals surface area contributed by atoms with Crippen LogP contribution in [0.1, 0.15) is 57.9 Å². The zero-order valence-electron chi connectivity index (χ0n) is 18.3. The molecule has 3 aliphatic carbocycles. The van der Waals surface area contributed by atoms with Gasteiger partial charge in [0.25, 0.3) is 0 Å². The summed E-state index contributed by atoms with van der Waals surface area (Å²) in [7, 11) is 0. The van der Waals surface area contributed by atoms with Gasteiger partial charge in [0, 0.05) is 35.1 Å². The predicted octanol–water partition coefficient (Wildman–Crippen LogP) is 4.99. The van der Waals surface area contributed by atoms with Crippen LogP contribution in [0.25, 0.3) is 10.8 Å². The monoisotopic (exact) mass is 440 g/mol. The van der Waals surface area contributed by atoms with Gasteiger partial charge in [-0.05, 0) is 56.5 Å². The number of nitrogens with two attached hydrogens (primary N) is 1. The van der Waals surface area contributed by atoms with Gasteiger partial charge < -0.3 is 15.4 Å². The Morgan fingerprint density at radius 2 is 1.84 bits per heavy atom. The number of esters is 1. The maximum atomic E-state index is 13.7. The summed E-state index contributed by atoms with van der Waals surface area (Å²) in [5.74, 6) is 0.466. The lowest BCUT2D eigenvalue weighted by molar-refractivity contribution is -0.231. The van der Waals surface area contributed by atoms with E-state index in [0.29, 0.717) is 37.4 Å². The van der Waals surface area contributed by atoms with Crippen molar-refractivity contribution in [3.8, 4) is 0 Å². The number of anilines is 2. The smallest absolute Gasteiger partial charge is 0.312 e. The van der Waals surface area contributed by atoms with Crippen LogP contribution in [-0.4, -0.2) is 29.9 Å². The fourth-order valence-electron chi connectivity index (χ4n) is 5.74. The van der Waals surface area contributed by atoms with Gasteiger partial charge >= 0.3 is 5.97 Å². The van der Waals surface area contributed by atoms with Crippen molar-refractivity contribution in [3.05, 3.63) is 35.9 Å². The number of carbonyl (C=O) groups excluding carboxylic acids is 2. The minimum atomic E-state index is -0.473. The molecule has 6 heteroatoms. The SMILES string of the molecule is CCC(C)(C)OC(=O)C12CC(C(=O)N3C[C@@H](CCl)c4c3cc(N)c3ccccc43)(C1)C2. The number of nitrogens with zero attached hydrogens (tertiary/aromatic N) is 1. The molecule has 164 valence electrons. The second kappa shape index (κ2) is 6.61. The highest BCUT2D eigenvalue weighted by Gasteiger charge is 2.76. The average molecular weight is 441 g/mol. The lowest BCUT2D eigenvalue weighted by Gasteiger charge is -2.67. The second-order valence-corrected chi connectivity index (χ2v) is 10.6. The molecule has 2 aromatic carbocycles. The van der Waals surface area contributed by atoms with Crippen LogP contribution in [0, 0.1) is 10.8 Å². The zero-order valence-corrected chi connectivity index (χ0v) is 19.1. The first-order chi connectivity index (χ1) is 14.7. The quantitative estimate of drug-likeness (QED) is 0.403. The number of alkyl halides is 1. The average Bonchev–Trinajstić information content (AvgIpc) is 3.04. The van der Waals surface area contributed by atoms with Gasteiger partial charge in [-0.15, -0.1) is 11.6 Å². The lowest BCUT2D eigenvalue weighted by Crippen LogP contribution is -2.71.